The Morgan fingerprint density at radius 1 is 1.06 bits per heavy atom. The molecule has 0 saturated carbocycles. The number of urea groups is 1. The fraction of sp³-hybridized carbons (Fsp3) is 0.423. The number of carbonyl (C=O) groups excluding carboxylic acids is 3. The van der Waals surface area contributed by atoms with Gasteiger partial charge in [0.1, 0.15) is 6.04 Å². The minimum absolute atomic E-state index is 0.0222. The van der Waals surface area contributed by atoms with E-state index in [1.54, 1.807) is 47.4 Å². The van der Waals surface area contributed by atoms with Crippen molar-refractivity contribution in [3.8, 4) is 11.5 Å². The Morgan fingerprint density at radius 3 is 2.53 bits per heavy atom. The molecule has 2 aliphatic heterocycles. The summed E-state index contributed by atoms with van der Waals surface area (Å²) in [5.41, 5.74) is 1.01. The molecule has 2 aromatic carbocycles. The second-order valence-corrected chi connectivity index (χ2v) is 9.54. The summed E-state index contributed by atoms with van der Waals surface area (Å²) in [5, 5.41) is 9.33. The van der Waals surface area contributed by atoms with Crippen molar-refractivity contribution in [3.05, 3.63) is 53.1 Å². The van der Waals surface area contributed by atoms with Crippen molar-refractivity contribution in [1.29, 1.82) is 0 Å². The zero-order valence-corrected chi connectivity index (χ0v) is 21.1. The zero-order chi connectivity index (χ0) is 25.7. The number of nitrogens with zero attached hydrogens (tertiary/aromatic N) is 1. The minimum Gasteiger partial charge on any atom is -0.454 e. The molecule has 0 bridgehead atoms. The standard InChI is InChI=1S/C26H31ClN4O5/c1-3-16(2)28-25(33)23(30-24(32)18-7-8-21-22(13-18)36-15-35-21)17-9-11-31(12-10-17)26(34)29-20-6-4-5-19(27)14-20/h4-8,13-14,16-17,23H,3,9-12,15H2,1-2H3,(H,28,33)(H,29,34)(H,30,32)/t16-,23-/m1/s1. The Labute approximate surface area is 215 Å². The normalized spacial score (nSPS) is 16.7. The number of amides is 4. The van der Waals surface area contributed by atoms with Crippen LogP contribution in [0.1, 0.15) is 43.5 Å². The lowest BCUT2D eigenvalue weighted by Gasteiger charge is -2.36. The van der Waals surface area contributed by atoms with Crippen LogP contribution in [0.4, 0.5) is 10.5 Å². The molecule has 36 heavy (non-hydrogen) atoms. The van der Waals surface area contributed by atoms with Crippen molar-refractivity contribution >= 4 is 35.1 Å². The molecular formula is C26H31ClN4O5. The quantitative estimate of drug-likeness (QED) is 0.517. The van der Waals surface area contributed by atoms with Crippen molar-refractivity contribution in [2.75, 3.05) is 25.2 Å². The topological polar surface area (TPSA) is 109 Å². The number of carbonyl (C=O) groups is 3. The van der Waals surface area contributed by atoms with E-state index in [0.717, 1.165) is 6.42 Å². The largest absolute Gasteiger partial charge is 0.454 e. The Morgan fingerprint density at radius 2 is 1.81 bits per heavy atom. The first-order chi connectivity index (χ1) is 17.3. The highest BCUT2D eigenvalue weighted by molar-refractivity contribution is 6.30. The molecule has 0 unspecified atom stereocenters. The molecule has 0 aliphatic carbocycles. The summed E-state index contributed by atoms with van der Waals surface area (Å²) < 4.78 is 10.7. The predicted molar refractivity (Wildman–Crippen MR) is 136 cm³/mol. The molecule has 9 nitrogen and oxygen atoms in total. The maximum absolute atomic E-state index is 13.2. The average Bonchev–Trinajstić information content (AvgIpc) is 3.35. The van der Waals surface area contributed by atoms with Crippen LogP contribution in [0.5, 0.6) is 11.5 Å². The van der Waals surface area contributed by atoms with E-state index in [4.69, 9.17) is 21.1 Å². The first-order valence-electron chi connectivity index (χ1n) is 12.2. The first-order valence-corrected chi connectivity index (χ1v) is 12.5. The smallest absolute Gasteiger partial charge is 0.321 e. The van der Waals surface area contributed by atoms with Crippen LogP contribution in [-0.4, -0.2) is 54.7 Å². The third-order valence-electron chi connectivity index (χ3n) is 6.58. The van der Waals surface area contributed by atoms with Crippen LogP contribution in [0.25, 0.3) is 0 Å². The number of halogens is 1. The Hall–Kier alpha value is -3.46. The van der Waals surface area contributed by atoms with Crippen molar-refractivity contribution in [2.45, 2.75) is 45.2 Å². The molecule has 192 valence electrons. The highest BCUT2D eigenvalue weighted by atomic mass is 35.5. The van der Waals surface area contributed by atoms with Gasteiger partial charge in [0.15, 0.2) is 11.5 Å². The molecule has 0 aromatic heterocycles. The van der Waals surface area contributed by atoms with Gasteiger partial charge in [0.05, 0.1) is 0 Å². The summed E-state index contributed by atoms with van der Waals surface area (Å²) in [7, 11) is 0. The number of ether oxygens (including phenoxy) is 2. The lowest BCUT2D eigenvalue weighted by Crippen LogP contribution is -2.55. The van der Waals surface area contributed by atoms with Gasteiger partial charge in [0.25, 0.3) is 5.91 Å². The maximum atomic E-state index is 13.2. The molecule has 1 saturated heterocycles. The van der Waals surface area contributed by atoms with E-state index in [0.29, 0.717) is 53.7 Å². The number of nitrogens with one attached hydrogen (secondary N) is 3. The Balaban J connectivity index is 1.41. The highest BCUT2D eigenvalue weighted by Gasteiger charge is 2.34. The second-order valence-electron chi connectivity index (χ2n) is 9.10. The van der Waals surface area contributed by atoms with Gasteiger partial charge >= 0.3 is 6.03 Å². The molecular weight excluding hydrogens is 484 g/mol. The predicted octanol–water partition coefficient (Wildman–Crippen LogP) is 4.03. The van der Waals surface area contributed by atoms with Gasteiger partial charge in [-0.25, -0.2) is 4.79 Å². The number of hydrogen-bond donors (Lipinski definition) is 3. The van der Waals surface area contributed by atoms with Crippen LogP contribution >= 0.6 is 11.6 Å². The number of fused-ring (bicyclic) bond motifs is 1. The fourth-order valence-electron chi connectivity index (χ4n) is 4.30. The number of likely N-dealkylation sites (tertiary alicyclic amines) is 1. The number of anilines is 1. The third kappa shape index (κ3) is 6.20. The van der Waals surface area contributed by atoms with E-state index in [1.807, 2.05) is 13.8 Å². The van der Waals surface area contributed by atoms with Crippen LogP contribution in [0.15, 0.2) is 42.5 Å². The van der Waals surface area contributed by atoms with Crippen molar-refractivity contribution in [2.24, 2.45) is 5.92 Å². The molecule has 2 heterocycles. The second kappa shape index (κ2) is 11.5. The summed E-state index contributed by atoms with van der Waals surface area (Å²) in [6.45, 7) is 4.96. The molecule has 2 atom stereocenters. The molecule has 3 N–H and O–H groups in total. The van der Waals surface area contributed by atoms with E-state index in [9.17, 15) is 14.4 Å². The number of piperidine rings is 1. The molecule has 0 radical (unpaired) electrons. The van der Waals surface area contributed by atoms with Crippen LogP contribution < -0.4 is 25.4 Å². The summed E-state index contributed by atoms with van der Waals surface area (Å²) in [5.74, 6) is 0.379. The van der Waals surface area contributed by atoms with Gasteiger partial charge in [0, 0.05) is 35.4 Å². The lowest BCUT2D eigenvalue weighted by atomic mass is 9.88. The van der Waals surface area contributed by atoms with Crippen LogP contribution in [-0.2, 0) is 4.79 Å². The molecule has 2 aromatic rings. The van der Waals surface area contributed by atoms with Gasteiger partial charge < -0.3 is 30.3 Å². The molecule has 1 fully saturated rings. The Kier molecular flexibility index (Phi) is 8.20. The molecule has 10 heteroatoms. The van der Waals surface area contributed by atoms with Gasteiger partial charge in [0.2, 0.25) is 12.7 Å². The molecule has 2 aliphatic rings. The Bertz CT molecular complexity index is 1120. The van der Waals surface area contributed by atoms with Crippen LogP contribution in [0.3, 0.4) is 0 Å². The molecule has 4 rings (SSSR count). The summed E-state index contributed by atoms with van der Waals surface area (Å²) in [6, 6.07) is 11.0. The van der Waals surface area contributed by atoms with Gasteiger partial charge in [-0.1, -0.05) is 24.6 Å². The maximum Gasteiger partial charge on any atom is 0.321 e. The molecule has 0 spiro atoms. The summed E-state index contributed by atoms with van der Waals surface area (Å²) in [6.07, 6.45) is 1.92. The van der Waals surface area contributed by atoms with Crippen LogP contribution in [0, 0.1) is 5.92 Å². The summed E-state index contributed by atoms with van der Waals surface area (Å²) >= 11 is 6.01. The van der Waals surface area contributed by atoms with E-state index in [1.165, 1.54) is 0 Å². The van der Waals surface area contributed by atoms with Crippen molar-refractivity contribution < 1.29 is 23.9 Å². The van der Waals surface area contributed by atoms with Gasteiger partial charge in [-0.05, 0) is 68.5 Å². The highest BCUT2D eigenvalue weighted by Crippen LogP contribution is 2.32. The van der Waals surface area contributed by atoms with E-state index in [-0.39, 0.29) is 36.6 Å². The van der Waals surface area contributed by atoms with E-state index in [2.05, 4.69) is 16.0 Å². The average molecular weight is 515 g/mol. The van der Waals surface area contributed by atoms with Crippen LogP contribution in [0.2, 0.25) is 5.02 Å². The fourth-order valence-corrected chi connectivity index (χ4v) is 4.49. The SMILES string of the molecule is CC[C@@H](C)NC(=O)[C@H](NC(=O)c1ccc2c(c1)OCO2)C1CCN(C(=O)Nc2cccc(Cl)c2)CC1. The van der Waals surface area contributed by atoms with E-state index < -0.39 is 6.04 Å². The molecule has 4 amide bonds. The van der Waals surface area contributed by atoms with Gasteiger partial charge in [-0.3, -0.25) is 9.59 Å². The van der Waals surface area contributed by atoms with Gasteiger partial charge in [-0.15, -0.1) is 0 Å². The van der Waals surface area contributed by atoms with E-state index >= 15 is 0 Å². The minimum atomic E-state index is -0.727. The number of rotatable bonds is 7. The summed E-state index contributed by atoms with van der Waals surface area (Å²) in [4.78, 5) is 40.7. The first kappa shape index (κ1) is 25.6. The van der Waals surface area contributed by atoms with Crippen molar-refractivity contribution in [1.82, 2.24) is 15.5 Å². The zero-order valence-electron chi connectivity index (χ0n) is 20.4. The number of hydrogen-bond acceptors (Lipinski definition) is 5. The van der Waals surface area contributed by atoms with Crippen molar-refractivity contribution in [3.63, 3.8) is 0 Å². The third-order valence-corrected chi connectivity index (χ3v) is 6.81. The number of benzene rings is 2. The lowest BCUT2D eigenvalue weighted by molar-refractivity contribution is -0.125. The monoisotopic (exact) mass is 514 g/mol. The van der Waals surface area contributed by atoms with Gasteiger partial charge in [-0.2, -0.15) is 0 Å².